The molecule has 0 spiro atoms. The highest BCUT2D eigenvalue weighted by Crippen LogP contribution is 2.26. The molecule has 12 heteroatoms. The number of aliphatic carboxylic acids is 2. The fraction of sp³-hybridized carbons (Fsp3) is 0.750. The molecular weight excluding hydrogens is 412 g/mol. The molecule has 2 rings (SSSR count). The predicted octanol–water partition coefficient (Wildman–Crippen LogP) is 0.464. The molecule has 4 atom stereocenters. The molecule has 2 heterocycles. The Kier molecular flexibility index (Phi) is 8.40. The van der Waals surface area contributed by atoms with Gasteiger partial charge in [-0.3, -0.25) is 9.59 Å². The number of hydrogen-bond acceptors (Lipinski definition) is 8. The predicted molar refractivity (Wildman–Crippen MR) is 102 cm³/mol. The molecule has 0 aromatic heterocycles. The van der Waals surface area contributed by atoms with Crippen LogP contribution in [0.3, 0.4) is 0 Å². The Balaban J connectivity index is 1.64. The highest BCUT2D eigenvalue weighted by atomic mass is 33.1. The van der Waals surface area contributed by atoms with Crippen LogP contribution in [0, 0.1) is 0 Å². The van der Waals surface area contributed by atoms with Gasteiger partial charge in [-0.05, 0) is 13.8 Å². The molecule has 0 radical (unpaired) electrons. The summed E-state index contributed by atoms with van der Waals surface area (Å²) in [7, 11) is 2.81. The summed E-state index contributed by atoms with van der Waals surface area (Å²) in [5.74, 6) is -1.80. The molecule has 2 aliphatic rings. The van der Waals surface area contributed by atoms with Crippen molar-refractivity contribution >= 4 is 45.3 Å². The quantitative estimate of drug-likeness (QED) is 0.388. The molecule has 2 unspecified atom stereocenters. The summed E-state index contributed by atoms with van der Waals surface area (Å²) in [5.41, 5.74) is 0. The zero-order chi connectivity index (χ0) is 20.8. The summed E-state index contributed by atoms with van der Waals surface area (Å²) in [4.78, 5) is 49.3. The van der Waals surface area contributed by atoms with Gasteiger partial charge in [-0.2, -0.15) is 0 Å². The van der Waals surface area contributed by atoms with Crippen LogP contribution >= 0.6 is 21.6 Å². The van der Waals surface area contributed by atoms with Crippen molar-refractivity contribution < 1.29 is 38.9 Å². The van der Waals surface area contributed by atoms with E-state index in [2.05, 4.69) is 0 Å². The van der Waals surface area contributed by atoms with Crippen LogP contribution in [0.5, 0.6) is 0 Å². The lowest BCUT2D eigenvalue weighted by atomic mass is 10.1. The third-order valence-electron chi connectivity index (χ3n) is 4.54. The Hall–Kier alpha value is -1.50. The maximum atomic E-state index is 12.2. The molecule has 0 bridgehead atoms. The number of rotatable bonds is 9. The number of nitrogens with zero attached hydrogens (tertiary/aromatic N) is 2. The zero-order valence-electron chi connectivity index (χ0n) is 15.6. The van der Waals surface area contributed by atoms with Gasteiger partial charge in [0.2, 0.25) is 11.8 Å². The van der Waals surface area contributed by atoms with Crippen LogP contribution in [0.1, 0.15) is 26.7 Å². The second-order valence-corrected chi connectivity index (χ2v) is 9.14. The maximum absolute atomic E-state index is 12.2. The minimum atomic E-state index is -1.08. The van der Waals surface area contributed by atoms with Crippen molar-refractivity contribution in [2.24, 2.45) is 0 Å². The van der Waals surface area contributed by atoms with E-state index in [-0.39, 0.29) is 38.1 Å². The van der Waals surface area contributed by atoms with E-state index in [4.69, 9.17) is 9.47 Å². The van der Waals surface area contributed by atoms with E-state index >= 15 is 0 Å². The first-order valence-corrected chi connectivity index (χ1v) is 11.2. The van der Waals surface area contributed by atoms with E-state index in [1.165, 1.54) is 31.4 Å². The molecule has 0 aromatic carbocycles. The molecule has 10 nitrogen and oxygen atoms in total. The number of amides is 2. The average Bonchev–Trinajstić information content (AvgIpc) is 3.20. The molecule has 2 aliphatic heterocycles. The van der Waals surface area contributed by atoms with Crippen molar-refractivity contribution in [3.05, 3.63) is 0 Å². The van der Waals surface area contributed by atoms with E-state index < -0.39 is 36.2 Å². The van der Waals surface area contributed by atoms with Gasteiger partial charge >= 0.3 is 11.9 Å². The van der Waals surface area contributed by atoms with E-state index in [0.29, 0.717) is 11.5 Å². The van der Waals surface area contributed by atoms with Crippen molar-refractivity contribution in [1.82, 2.24) is 9.80 Å². The first kappa shape index (κ1) is 22.8. The smallest absolute Gasteiger partial charge is 0.329 e. The largest absolute Gasteiger partial charge is 0.480 e. The van der Waals surface area contributed by atoms with Gasteiger partial charge in [0, 0.05) is 24.3 Å². The number of carboxylic acids is 2. The van der Waals surface area contributed by atoms with E-state index in [9.17, 15) is 29.4 Å². The second-order valence-electron chi connectivity index (χ2n) is 6.44. The van der Waals surface area contributed by atoms with E-state index in [1.807, 2.05) is 0 Å². The average molecular weight is 437 g/mol. The van der Waals surface area contributed by atoms with Gasteiger partial charge in [0.25, 0.3) is 0 Å². The number of hydrogen-bond donors (Lipinski definition) is 2. The molecule has 2 fully saturated rings. The Labute approximate surface area is 170 Å². The molecule has 0 aliphatic carbocycles. The van der Waals surface area contributed by atoms with Gasteiger partial charge in [-0.15, -0.1) is 0 Å². The molecule has 2 N–H and O–H groups in total. The molecule has 2 saturated heterocycles. The van der Waals surface area contributed by atoms with Gasteiger partial charge in [0.1, 0.15) is 13.5 Å². The second kappa shape index (κ2) is 10.3. The van der Waals surface area contributed by atoms with Crippen LogP contribution in [-0.4, -0.2) is 93.0 Å². The standard InChI is InChI=1S/C16H24N2O8S2/c1-9-13(15(21)22)17(7-25-9)11(19)3-5-27-28-6-4-12(20)18-8-26-10(2)14(18)16(23)24/h9-10,13-14H,3-8H2,1-2H3,(H,21,22)(H,23,24)/t9-,10?,13-,14?/m0/s1. The minimum Gasteiger partial charge on any atom is -0.480 e. The van der Waals surface area contributed by atoms with Crippen LogP contribution in [0.4, 0.5) is 0 Å². The summed E-state index contributed by atoms with van der Waals surface area (Å²) < 4.78 is 10.5. The van der Waals surface area contributed by atoms with Crippen molar-refractivity contribution in [1.29, 1.82) is 0 Å². The molecule has 0 aromatic rings. The summed E-state index contributed by atoms with van der Waals surface area (Å²) >= 11 is 0. The fourth-order valence-corrected chi connectivity index (χ4v) is 4.99. The highest BCUT2D eigenvalue weighted by Gasteiger charge is 2.41. The molecule has 28 heavy (non-hydrogen) atoms. The normalized spacial score (nSPS) is 27.2. The van der Waals surface area contributed by atoms with Gasteiger partial charge in [0.05, 0.1) is 12.2 Å². The Morgan fingerprint density at radius 3 is 1.50 bits per heavy atom. The highest BCUT2D eigenvalue weighted by molar-refractivity contribution is 8.76. The van der Waals surface area contributed by atoms with Crippen molar-refractivity contribution in [2.45, 2.75) is 51.0 Å². The Morgan fingerprint density at radius 2 is 1.18 bits per heavy atom. The number of carboxylic acid groups (broad SMARTS) is 2. The lowest BCUT2D eigenvalue weighted by molar-refractivity contribution is -0.148. The summed E-state index contributed by atoms with van der Waals surface area (Å²) in [6.07, 6.45) is -0.739. The number of carbonyl (C=O) groups is 4. The van der Waals surface area contributed by atoms with Crippen molar-refractivity contribution in [3.8, 4) is 0 Å². The fourth-order valence-electron chi connectivity index (χ4n) is 3.03. The molecular formula is C16H24N2O8S2. The minimum absolute atomic E-state index is 0.0235. The first-order chi connectivity index (χ1) is 13.2. The van der Waals surface area contributed by atoms with Crippen LogP contribution in [-0.2, 0) is 28.7 Å². The van der Waals surface area contributed by atoms with Gasteiger partial charge in [-0.25, -0.2) is 9.59 Å². The van der Waals surface area contributed by atoms with Gasteiger partial charge in [0.15, 0.2) is 12.1 Å². The summed E-state index contributed by atoms with van der Waals surface area (Å²) in [5, 5.41) is 18.4. The first-order valence-electron chi connectivity index (χ1n) is 8.76. The summed E-state index contributed by atoms with van der Waals surface area (Å²) in [6, 6.07) is -1.93. The van der Waals surface area contributed by atoms with Gasteiger partial charge < -0.3 is 29.5 Å². The van der Waals surface area contributed by atoms with E-state index in [1.54, 1.807) is 13.8 Å². The van der Waals surface area contributed by atoms with Crippen LogP contribution in [0.2, 0.25) is 0 Å². The van der Waals surface area contributed by atoms with Crippen LogP contribution in [0.25, 0.3) is 0 Å². The Bertz CT molecular complexity index is 567. The lowest BCUT2D eigenvalue weighted by Crippen LogP contribution is -2.44. The Morgan fingerprint density at radius 1 is 0.821 bits per heavy atom. The third kappa shape index (κ3) is 5.52. The van der Waals surface area contributed by atoms with Crippen LogP contribution in [0.15, 0.2) is 0 Å². The number of ether oxygens (including phenoxy) is 2. The van der Waals surface area contributed by atoms with E-state index in [0.717, 1.165) is 0 Å². The molecule has 2 amide bonds. The van der Waals surface area contributed by atoms with Crippen molar-refractivity contribution in [3.63, 3.8) is 0 Å². The maximum Gasteiger partial charge on any atom is 0.329 e. The number of carbonyl (C=O) groups excluding carboxylic acids is 2. The molecule has 0 saturated carbocycles. The summed E-state index contributed by atoms with van der Waals surface area (Å²) in [6.45, 7) is 3.19. The van der Waals surface area contributed by atoms with Crippen molar-refractivity contribution in [2.75, 3.05) is 25.0 Å². The topological polar surface area (TPSA) is 134 Å². The lowest BCUT2D eigenvalue weighted by Gasteiger charge is -2.21. The SMILES string of the molecule is CC1OCN(C(=O)CCSSCCC(=O)N2CO[C@@H](C)[C@H]2C(=O)O)C1C(=O)O. The zero-order valence-corrected chi connectivity index (χ0v) is 17.2. The van der Waals surface area contributed by atoms with Crippen LogP contribution < -0.4 is 0 Å². The third-order valence-corrected chi connectivity index (χ3v) is 6.95. The monoisotopic (exact) mass is 436 g/mol. The molecule has 158 valence electrons. The van der Waals surface area contributed by atoms with Gasteiger partial charge in [-0.1, -0.05) is 21.6 Å².